The summed E-state index contributed by atoms with van der Waals surface area (Å²) in [5.41, 5.74) is -0.0198. The molecule has 19 heavy (non-hydrogen) atoms. The molecule has 1 heterocycles. The molecule has 0 saturated carbocycles. The van der Waals surface area contributed by atoms with Crippen molar-refractivity contribution in [2.45, 2.75) is 19.9 Å². The van der Waals surface area contributed by atoms with Gasteiger partial charge >= 0.3 is 0 Å². The van der Waals surface area contributed by atoms with Crippen molar-refractivity contribution in [3.63, 3.8) is 0 Å². The number of benzene rings is 1. The second-order valence-electron chi connectivity index (χ2n) is 5.15. The minimum Gasteiger partial charge on any atom is -0.336 e. The number of hydrogen-bond donors (Lipinski definition) is 1. The Morgan fingerprint density at radius 3 is 2.89 bits per heavy atom. The molecule has 5 heteroatoms. The maximum absolute atomic E-state index is 13.8. The highest BCUT2D eigenvalue weighted by molar-refractivity contribution is 6.33. The Labute approximate surface area is 117 Å². The highest BCUT2D eigenvalue weighted by Gasteiger charge is 2.28. The van der Waals surface area contributed by atoms with Gasteiger partial charge in [0.2, 0.25) is 0 Å². The summed E-state index contributed by atoms with van der Waals surface area (Å²) in [6.07, 6.45) is 0. The molecule has 0 radical (unpaired) electrons. The highest BCUT2D eigenvalue weighted by Crippen LogP contribution is 2.22. The van der Waals surface area contributed by atoms with Gasteiger partial charge in [-0.05, 0) is 18.1 Å². The van der Waals surface area contributed by atoms with Crippen molar-refractivity contribution in [1.82, 2.24) is 10.2 Å². The summed E-state index contributed by atoms with van der Waals surface area (Å²) >= 11 is 5.94. The van der Waals surface area contributed by atoms with Gasteiger partial charge in [-0.2, -0.15) is 0 Å². The smallest absolute Gasteiger partial charge is 0.258 e. The molecule has 1 amide bonds. The number of amides is 1. The van der Waals surface area contributed by atoms with E-state index >= 15 is 0 Å². The van der Waals surface area contributed by atoms with Gasteiger partial charge in [-0.3, -0.25) is 4.79 Å². The summed E-state index contributed by atoms with van der Waals surface area (Å²) in [7, 11) is 0. The number of carbonyl (C=O) groups is 1. The fourth-order valence-electron chi connectivity index (χ4n) is 2.27. The second-order valence-corrected chi connectivity index (χ2v) is 5.56. The minimum absolute atomic E-state index is 0.0198. The van der Waals surface area contributed by atoms with E-state index in [9.17, 15) is 9.18 Å². The molecule has 0 aromatic heterocycles. The molecule has 0 bridgehead atoms. The van der Waals surface area contributed by atoms with Gasteiger partial charge in [0.1, 0.15) is 5.82 Å². The molecule has 3 nitrogen and oxygen atoms in total. The number of nitrogens with one attached hydrogen (secondary N) is 1. The lowest BCUT2D eigenvalue weighted by molar-refractivity contribution is 0.0679. The van der Waals surface area contributed by atoms with Crippen LogP contribution in [0.5, 0.6) is 0 Å². The number of hydrogen-bond acceptors (Lipinski definition) is 2. The molecule has 1 aliphatic heterocycles. The lowest BCUT2D eigenvalue weighted by atomic mass is 10.0. The van der Waals surface area contributed by atoms with Crippen LogP contribution in [-0.4, -0.2) is 36.5 Å². The molecule has 1 fully saturated rings. The fourth-order valence-corrected chi connectivity index (χ4v) is 2.51. The topological polar surface area (TPSA) is 32.3 Å². The number of nitrogens with zero attached hydrogens (tertiary/aromatic N) is 1. The third-order valence-electron chi connectivity index (χ3n) is 3.47. The quantitative estimate of drug-likeness (QED) is 0.905. The van der Waals surface area contributed by atoms with Gasteiger partial charge in [0, 0.05) is 25.7 Å². The van der Waals surface area contributed by atoms with E-state index in [2.05, 4.69) is 19.2 Å². The maximum atomic E-state index is 13.8. The van der Waals surface area contributed by atoms with E-state index in [1.54, 1.807) is 11.0 Å². The van der Waals surface area contributed by atoms with E-state index in [4.69, 9.17) is 11.6 Å². The number of piperazine rings is 1. The zero-order valence-corrected chi connectivity index (χ0v) is 11.9. The third kappa shape index (κ3) is 3.07. The van der Waals surface area contributed by atoms with Crippen LogP contribution in [0, 0.1) is 11.7 Å². The lowest BCUT2D eigenvalue weighted by Crippen LogP contribution is -2.54. The summed E-state index contributed by atoms with van der Waals surface area (Å²) in [6.45, 7) is 6.08. The van der Waals surface area contributed by atoms with E-state index in [0.717, 1.165) is 6.54 Å². The van der Waals surface area contributed by atoms with Crippen molar-refractivity contribution in [2.75, 3.05) is 19.6 Å². The second kappa shape index (κ2) is 5.88. The predicted molar refractivity (Wildman–Crippen MR) is 73.9 cm³/mol. The molecule has 2 rings (SSSR count). The molecule has 0 spiro atoms. The molecular formula is C14H18ClFN2O. The monoisotopic (exact) mass is 284 g/mol. The Morgan fingerprint density at radius 2 is 2.26 bits per heavy atom. The minimum atomic E-state index is -0.558. The molecule has 1 unspecified atom stereocenters. The number of carbonyl (C=O) groups excluding carboxylic acids is 1. The Hall–Kier alpha value is -1.13. The first-order valence-corrected chi connectivity index (χ1v) is 6.85. The zero-order chi connectivity index (χ0) is 14.0. The largest absolute Gasteiger partial charge is 0.336 e. The molecule has 1 N–H and O–H groups in total. The summed E-state index contributed by atoms with van der Waals surface area (Å²) in [5, 5.41) is 3.53. The SMILES string of the molecule is CC(C)C1CN(C(=O)c2c(F)cccc2Cl)CCN1. The third-order valence-corrected chi connectivity index (χ3v) is 3.79. The van der Waals surface area contributed by atoms with Crippen LogP contribution in [0.1, 0.15) is 24.2 Å². The van der Waals surface area contributed by atoms with Crippen LogP contribution in [0.3, 0.4) is 0 Å². The van der Waals surface area contributed by atoms with Crippen LogP contribution in [0.25, 0.3) is 0 Å². The van der Waals surface area contributed by atoms with Gasteiger partial charge < -0.3 is 10.2 Å². The summed E-state index contributed by atoms with van der Waals surface area (Å²) in [6, 6.07) is 4.55. The van der Waals surface area contributed by atoms with Gasteiger partial charge in [-0.1, -0.05) is 31.5 Å². The summed E-state index contributed by atoms with van der Waals surface area (Å²) in [5.74, 6) is -0.459. The first kappa shape index (κ1) is 14.3. The summed E-state index contributed by atoms with van der Waals surface area (Å²) in [4.78, 5) is 14.1. The predicted octanol–water partition coefficient (Wildman–Crippen LogP) is 2.55. The van der Waals surface area contributed by atoms with E-state index in [1.165, 1.54) is 12.1 Å². The highest BCUT2D eigenvalue weighted by atomic mass is 35.5. The average Bonchev–Trinajstić information content (AvgIpc) is 2.38. The van der Waals surface area contributed by atoms with Crippen molar-refractivity contribution in [2.24, 2.45) is 5.92 Å². The van der Waals surface area contributed by atoms with Crippen LogP contribution >= 0.6 is 11.6 Å². The van der Waals surface area contributed by atoms with Gasteiger partial charge in [-0.25, -0.2) is 4.39 Å². The van der Waals surface area contributed by atoms with Gasteiger partial charge in [-0.15, -0.1) is 0 Å². The summed E-state index contributed by atoms with van der Waals surface area (Å²) < 4.78 is 13.8. The van der Waals surface area contributed by atoms with Gasteiger partial charge in [0.25, 0.3) is 5.91 Å². The van der Waals surface area contributed by atoms with Crippen LogP contribution in [0.15, 0.2) is 18.2 Å². The Morgan fingerprint density at radius 1 is 1.53 bits per heavy atom. The lowest BCUT2D eigenvalue weighted by Gasteiger charge is -2.36. The van der Waals surface area contributed by atoms with Gasteiger partial charge in [0.05, 0.1) is 10.6 Å². The van der Waals surface area contributed by atoms with Crippen LogP contribution in [0.2, 0.25) is 5.02 Å². The van der Waals surface area contributed by atoms with Crippen molar-refractivity contribution in [1.29, 1.82) is 0 Å². The standard InChI is InChI=1S/C14H18ClFN2O/c1-9(2)12-8-18(7-6-17-12)14(19)13-10(15)4-3-5-11(13)16/h3-5,9,12,17H,6-8H2,1-2H3. The van der Waals surface area contributed by atoms with E-state index in [-0.39, 0.29) is 22.5 Å². The first-order valence-electron chi connectivity index (χ1n) is 6.47. The molecule has 1 aromatic rings. The Kier molecular flexibility index (Phi) is 4.42. The van der Waals surface area contributed by atoms with Crippen LogP contribution < -0.4 is 5.32 Å². The van der Waals surface area contributed by atoms with Gasteiger partial charge in [0.15, 0.2) is 0 Å². The molecule has 1 saturated heterocycles. The van der Waals surface area contributed by atoms with Crippen LogP contribution in [0.4, 0.5) is 4.39 Å². The fraction of sp³-hybridized carbons (Fsp3) is 0.500. The van der Waals surface area contributed by atoms with Crippen molar-refractivity contribution in [3.05, 3.63) is 34.6 Å². The normalized spacial score (nSPS) is 19.8. The first-order chi connectivity index (χ1) is 9.00. The average molecular weight is 285 g/mol. The van der Waals surface area contributed by atoms with Crippen molar-refractivity contribution in [3.8, 4) is 0 Å². The molecular weight excluding hydrogens is 267 g/mol. The molecule has 1 atom stereocenters. The van der Waals surface area contributed by atoms with Crippen molar-refractivity contribution >= 4 is 17.5 Å². The van der Waals surface area contributed by atoms with E-state index < -0.39 is 5.82 Å². The molecule has 0 aliphatic carbocycles. The Balaban J connectivity index is 2.20. The van der Waals surface area contributed by atoms with E-state index in [0.29, 0.717) is 19.0 Å². The molecule has 104 valence electrons. The number of halogens is 2. The Bertz CT molecular complexity index is 458. The molecule has 1 aromatic carbocycles. The molecule has 1 aliphatic rings. The maximum Gasteiger partial charge on any atom is 0.258 e. The zero-order valence-electron chi connectivity index (χ0n) is 11.1. The van der Waals surface area contributed by atoms with E-state index in [1.807, 2.05) is 0 Å². The number of rotatable bonds is 2. The van der Waals surface area contributed by atoms with Crippen molar-refractivity contribution < 1.29 is 9.18 Å². The van der Waals surface area contributed by atoms with Crippen LogP contribution in [-0.2, 0) is 0 Å².